The second-order valence-corrected chi connectivity index (χ2v) is 7.82. The topological polar surface area (TPSA) is 68.6 Å². The van der Waals surface area contributed by atoms with Gasteiger partial charge in [-0.3, -0.25) is 4.79 Å². The van der Waals surface area contributed by atoms with Gasteiger partial charge in [-0.05, 0) is 30.3 Å². The van der Waals surface area contributed by atoms with Crippen molar-refractivity contribution in [1.29, 1.82) is 0 Å². The number of amides is 1. The molecule has 34 heavy (non-hydrogen) atoms. The molecule has 3 heterocycles. The van der Waals surface area contributed by atoms with E-state index in [4.69, 9.17) is 0 Å². The van der Waals surface area contributed by atoms with Gasteiger partial charge in [-0.15, -0.1) is 8.78 Å². The van der Waals surface area contributed by atoms with E-state index in [0.29, 0.717) is 24.3 Å². The van der Waals surface area contributed by atoms with Crippen molar-refractivity contribution in [3.05, 3.63) is 65.0 Å². The van der Waals surface area contributed by atoms with Crippen LogP contribution in [0.1, 0.15) is 27.3 Å². The highest BCUT2D eigenvalue weighted by Gasteiger charge is 2.43. The number of anilines is 1. The van der Waals surface area contributed by atoms with Crippen LogP contribution in [0.2, 0.25) is 0 Å². The number of rotatable bonds is 3. The van der Waals surface area contributed by atoms with Gasteiger partial charge in [-0.25, -0.2) is 4.68 Å². The molecule has 2 aliphatic heterocycles. The van der Waals surface area contributed by atoms with Crippen molar-refractivity contribution in [1.82, 2.24) is 15.1 Å². The molecule has 2 aromatic carbocycles. The summed E-state index contributed by atoms with van der Waals surface area (Å²) >= 11 is 0. The van der Waals surface area contributed by atoms with Crippen molar-refractivity contribution in [3.8, 4) is 17.2 Å². The Bertz CT molecular complexity index is 1290. The van der Waals surface area contributed by atoms with Gasteiger partial charge in [0.2, 0.25) is 0 Å². The molecule has 0 spiro atoms. The summed E-state index contributed by atoms with van der Waals surface area (Å²) < 4.78 is 77.1. The minimum Gasteiger partial charge on any atom is -0.395 e. The summed E-state index contributed by atoms with van der Waals surface area (Å²) in [6.07, 6.45) is -8.05. The van der Waals surface area contributed by atoms with E-state index in [1.165, 1.54) is 47.0 Å². The normalized spacial score (nSPS) is 16.3. The first-order valence-corrected chi connectivity index (χ1v) is 10.2. The van der Waals surface area contributed by atoms with Gasteiger partial charge in [-0.2, -0.15) is 18.3 Å². The van der Waals surface area contributed by atoms with Gasteiger partial charge >= 0.3 is 12.5 Å². The molecule has 1 amide bonds. The number of hydrogen-bond donors (Lipinski definition) is 1. The molecule has 2 aliphatic rings. The molecule has 12 heteroatoms. The number of fused-ring (bicyclic) bond motifs is 2. The third-order valence-electron chi connectivity index (χ3n) is 5.61. The zero-order valence-electron chi connectivity index (χ0n) is 17.6. The molecule has 0 aliphatic carbocycles. The summed E-state index contributed by atoms with van der Waals surface area (Å²) in [6, 6.07) is 9.96. The van der Waals surface area contributed by atoms with E-state index in [9.17, 15) is 26.7 Å². The molecular formula is C22H17F5N4O3. The number of benzene rings is 2. The van der Waals surface area contributed by atoms with Crippen LogP contribution in [-0.4, -0.2) is 35.6 Å². The Hall–Kier alpha value is -3.67. The molecule has 178 valence electrons. The Morgan fingerprint density at radius 3 is 2.68 bits per heavy atom. The summed E-state index contributed by atoms with van der Waals surface area (Å²) in [7, 11) is 1.44. The Balaban J connectivity index is 1.47. The van der Waals surface area contributed by atoms with E-state index in [1.54, 1.807) is 12.1 Å². The number of ether oxygens (including phenoxy) is 2. The zero-order valence-corrected chi connectivity index (χ0v) is 17.6. The lowest BCUT2D eigenvalue weighted by Crippen LogP contribution is -2.27. The van der Waals surface area contributed by atoms with Crippen LogP contribution in [0, 0.1) is 0 Å². The number of hydrogen-bond acceptors (Lipinski definition) is 5. The quantitative estimate of drug-likeness (QED) is 0.571. The van der Waals surface area contributed by atoms with Gasteiger partial charge in [0.1, 0.15) is 0 Å². The van der Waals surface area contributed by atoms with Crippen LogP contribution in [-0.2, 0) is 19.1 Å². The minimum atomic E-state index is -4.61. The monoisotopic (exact) mass is 480 g/mol. The second-order valence-electron chi connectivity index (χ2n) is 7.82. The van der Waals surface area contributed by atoms with Crippen molar-refractivity contribution in [2.75, 3.05) is 18.5 Å². The highest BCUT2D eigenvalue weighted by atomic mass is 19.4. The molecule has 0 fully saturated rings. The first-order chi connectivity index (χ1) is 16.0. The number of carbonyl (C=O) groups is 1. The van der Waals surface area contributed by atoms with Gasteiger partial charge in [0.15, 0.2) is 17.2 Å². The third kappa shape index (κ3) is 3.83. The molecule has 0 radical (unpaired) electrons. The smallest absolute Gasteiger partial charge is 0.395 e. The van der Waals surface area contributed by atoms with Crippen LogP contribution < -0.4 is 19.7 Å². The van der Waals surface area contributed by atoms with E-state index in [0.717, 1.165) is 0 Å². The number of carbonyl (C=O) groups excluding carboxylic acids is 1. The van der Waals surface area contributed by atoms with Crippen molar-refractivity contribution in [2.24, 2.45) is 0 Å². The maximum absolute atomic E-state index is 13.5. The van der Waals surface area contributed by atoms with Gasteiger partial charge in [-0.1, -0.05) is 6.07 Å². The first-order valence-electron chi connectivity index (χ1n) is 10.2. The molecule has 7 nitrogen and oxygen atoms in total. The number of nitrogens with one attached hydrogen (secondary N) is 1. The lowest BCUT2D eigenvalue weighted by atomic mass is 10.1. The summed E-state index contributed by atoms with van der Waals surface area (Å²) in [6.45, 7) is 0.551. The van der Waals surface area contributed by atoms with E-state index >= 15 is 0 Å². The number of halogens is 5. The highest BCUT2D eigenvalue weighted by molar-refractivity contribution is 6.06. The summed E-state index contributed by atoms with van der Waals surface area (Å²) in [5.41, 5.74) is 0.302. The molecule has 0 unspecified atom stereocenters. The summed E-state index contributed by atoms with van der Waals surface area (Å²) in [5, 5.41) is 6.74. The van der Waals surface area contributed by atoms with Crippen molar-refractivity contribution in [2.45, 2.75) is 25.4 Å². The van der Waals surface area contributed by atoms with Gasteiger partial charge < -0.3 is 19.7 Å². The predicted molar refractivity (Wildman–Crippen MR) is 109 cm³/mol. The lowest BCUT2D eigenvalue weighted by Gasteiger charge is -2.19. The standard InChI is InChI=1S/C22H17F5N4O3/c1-30(13-5-6-17-18(10-13)34-22(26,27)33-17)20(32)12-3-2-4-14(9-12)31-16-7-8-28-11-15(16)19(29-31)21(23,24)25/h2-6,9-10,28H,7-8,11H2,1H3. The first kappa shape index (κ1) is 22.1. The molecular weight excluding hydrogens is 463 g/mol. The molecule has 0 bridgehead atoms. The number of aromatic nitrogens is 2. The molecule has 5 rings (SSSR count). The fourth-order valence-corrected chi connectivity index (χ4v) is 4.02. The van der Waals surface area contributed by atoms with Crippen LogP contribution in [0.3, 0.4) is 0 Å². The summed E-state index contributed by atoms with van der Waals surface area (Å²) in [5.74, 6) is -0.881. The van der Waals surface area contributed by atoms with E-state index < -0.39 is 24.1 Å². The lowest BCUT2D eigenvalue weighted by molar-refractivity contribution is -0.286. The molecule has 1 N–H and O–H groups in total. The predicted octanol–water partition coefficient (Wildman–Crippen LogP) is 4.13. The van der Waals surface area contributed by atoms with Crippen LogP contribution in [0.4, 0.5) is 27.6 Å². The molecule has 0 saturated carbocycles. The average Bonchev–Trinajstić information content (AvgIpc) is 3.34. The van der Waals surface area contributed by atoms with Crippen molar-refractivity contribution < 1.29 is 36.2 Å². The average molecular weight is 480 g/mol. The zero-order chi connectivity index (χ0) is 24.3. The SMILES string of the molecule is CN(C(=O)c1cccc(-n2nc(C(F)(F)F)c3c2CCNC3)c1)c1ccc2c(c1)OC(F)(F)O2. The van der Waals surface area contributed by atoms with Crippen LogP contribution in [0.5, 0.6) is 11.5 Å². The third-order valence-corrected chi connectivity index (χ3v) is 5.61. The second kappa shape index (κ2) is 7.69. The molecule has 0 atom stereocenters. The van der Waals surface area contributed by atoms with Crippen LogP contribution in [0.15, 0.2) is 42.5 Å². The van der Waals surface area contributed by atoms with Gasteiger partial charge in [0.25, 0.3) is 5.91 Å². The van der Waals surface area contributed by atoms with Crippen LogP contribution in [0.25, 0.3) is 5.69 Å². The highest BCUT2D eigenvalue weighted by Crippen LogP contribution is 2.43. The Kier molecular flexibility index (Phi) is 5.01. The maximum Gasteiger partial charge on any atom is 0.586 e. The largest absolute Gasteiger partial charge is 0.586 e. The Morgan fingerprint density at radius 2 is 1.91 bits per heavy atom. The van der Waals surface area contributed by atoms with Crippen LogP contribution >= 0.6 is 0 Å². The van der Waals surface area contributed by atoms with Gasteiger partial charge in [0, 0.05) is 49.4 Å². The Labute approximate surface area is 189 Å². The van der Waals surface area contributed by atoms with Crippen molar-refractivity contribution >= 4 is 11.6 Å². The minimum absolute atomic E-state index is 0.0503. The maximum atomic E-state index is 13.5. The number of alkyl halides is 5. The molecule has 3 aromatic rings. The summed E-state index contributed by atoms with van der Waals surface area (Å²) in [4.78, 5) is 14.3. The van der Waals surface area contributed by atoms with Gasteiger partial charge in [0.05, 0.1) is 11.4 Å². The fourth-order valence-electron chi connectivity index (χ4n) is 4.02. The molecule has 0 saturated heterocycles. The fraction of sp³-hybridized carbons (Fsp3) is 0.273. The number of nitrogens with zero attached hydrogens (tertiary/aromatic N) is 3. The van der Waals surface area contributed by atoms with E-state index in [1.807, 2.05) is 0 Å². The van der Waals surface area contributed by atoms with E-state index in [2.05, 4.69) is 19.9 Å². The Morgan fingerprint density at radius 1 is 1.15 bits per heavy atom. The van der Waals surface area contributed by atoms with E-state index in [-0.39, 0.29) is 34.9 Å². The van der Waals surface area contributed by atoms with Crippen molar-refractivity contribution in [3.63, 3.8) is 0 Å². The molecule has 1 aromatic heterocycles.